The van der Waals surface area contributed by atoms with Crippen LogP contribution in [0.5, 0.6) is 5.75 Å². The predicted octanol–water partition coefficient (Wildman–Crippen LogP) is 7.74. The summed E-state index contributed by atoms with van der Waals surface area (Å²) < 4.78 is 55.0. The molecule has 5 rings (SSSR count). The minimum absolute atomic E-state index is 0.0695. The Labute approximate surface area is 205 Å². The summed E-state index contributed by atoms with van der Waals surface area (Å²) in [4.78, 5) is 12.6. The lowest BCUT2D eigenvalue weighted by atomic mass is 9.76. The molecule has 0 N–H and O–H groups in total. The Bertz CT molecular complexity index is 1070. The molecule has 0 spiro atoms. The molecular weight excluding hydrogens is 453 g/mol. The van der Waals surface area contributed by atoms with Gasteiger partial charge in [0.25, 0.3) is 0 Å². The molecule has 3 nitrogen and oxygen atoms in total. The number of carbonyl (C=O) groups is 1. The normalized spacial score (nSPS) is 28.5. The summed E-state index contributed by atoms with van der Waals surface area (Å²) in [5.41, 5.74) is 1.65. The Kier molecular flexibility index (Phi) is 7.19. The van der Waals surface area contributed by atoms with Crippen LogP contribution in [0.15, 0.2) is 30.3 Å². The van der Waals surface area contributed by atoms with Crippen molar-refractivity contribution >= 4 is 5.97 Å². The fourth-order valence-corrected chi connectivity index (χ4v) is 5.96. The number of esters is 1. The monoisotopic (exact) mass is 486 g/mol. The van der Waals surface area contributed by atoms with Crippen LogP contribution in [0.1, 0.15) is 99.3 Å². The number of halogens is 3. The SMILES string of the molecule is CCC1CCC(c2ccc(C3CCC(C(=O)Oc4ccc(C5CO5)cc4F)CC3)c(F)c2F)CC1. The fourth-order valence-electron chi connectivity index (χ4n) is 5.96. The number of benzene rings is 2. The van der Waals surface area contributed by atoms with E-state index in [1.54, 1.807) is 18.2 Å². The van der Waals surface area contributed by atoms with E-state index < -0.39 is 23.4 Å². The first kappa shape index (κ1) is 24.4. The van der Waals surface area contributed by atoms with E-state index in [-0.39, 0.29) is 29.6 Å². The number of rotatable bonds is 6. The molecule has 35 heavy (non-hydrogen) atoms. The first-order valence-electron chi connectivity index (χ1n) is 13.0. The highest BCUT2D eigenvalue weighted by Crippen LogP contribution is 2.42. The second-order valence-electron chi connectivity index (χ2n) is 10.5. The van der Waals surface area contributed by atoms with Crippen LogP contribution in [0.4, 0.5) is 13.2 Å². The van der Waals surface area contributed by atoms with Gasteiger partial charge in [0.05, 0.1) is 12.5 Å². The van der Waals surface area contributed by atoms with Gasteiger partial charge in [-0.05, 0) is 97.9 Å². The van der Waals surface area contributed by atoms with Gasteiger partial charge in [0.1, 0.15) is 6.10 Å². The molecule has 1 unspecified atom stereocenters. The molecule has 2 saturated carbocycles. The lowest BCUT2D eigenvalue weighted by molar-refractivity contribution is -0.140. The molecule has 2 aliphatic carbocycles. The van der Waals surface area contributed by atoms with Crippen molar-refractivity contribution in [2.24, 2.45) is 11.8 Å². The molecule has 0 radical (unpaired) electrons. The summed E-state index contributed by atoms with van der Waals surface area (Å²) in [5.74, 6) is -2.27. The van der Waals surface area contributed by atoms with Crippen LogP contribution in [-0.4, -0.2) is 12.6 Å². The van der Waals surface area contributed by atoms with Gasteiger partial charge in [-0.1, -0.05) is 31.5 Å². The number of hydrogen-bond donors (Lipinski definition) is 0. The zero-order valence-corrected chi connectivity index (χ0v) is 20.2. The Morgan fingerprint density at radius 3 is 1.97 bits per heavy atom. The minimum atomic E-state index is -0.729. The Hall–Kier alpha value is -2.34. The van der Waals surface area contributed by atoms with Crippen molar-refractivity contribution in [2.45, 2.75) is 82.7 Å². The molecule has 2 aromatic rings. The molecule has 1 atom stereocenters. The summed E-state index contributed by atoms with van der Waals surface area (Å²) in [5, 5.41) is 0. The first-order valence-corrected chi connectivity index (χ1v) is 13.0. The lowest BCUT2D eigenvalue weighted by Crippen LogP contribution is -2.26. The van der Waals surface area contributed by atoms with Gasteiger partial charge >= 0.3 is 5.97 Å². The molecule has 1 saturated heterocycles. The average Bonchev–Trinajstić information content (AvgIpc) is 3.73. The van der Waals surface area contributed by atoms with Crippen molar-refractivity contribution in [3.8, 4) is 5.75 Å². The molecule has 6 heteroatoms. The summed E-state index contributed by atoms with van der Waals surface area (Å²) in [6.07, 6.45) is 7.20. The highest BCUT2D eigenvalue weighted by molar-refractivity contribution is 5.75. The summed E-state index contributed by atoms with van der Waals surface area (Å²) in [6.45, 7) is 2.77. The number of ether oxygens (including phenoxy) is 2. The number of epoxide rings is 1. The maximum absolute atomic E-state index is 15.1. The Morgan fingerprint density at radius 1 is 0.886 bits per heavy atom. The molecule has 1 aliphatic heterocycles. The predicted molar refractivity (Wildman–Crippen MR) is 127 cm³/mol. The van der Waals surface area contributed by atoms with E-state index in [4.69, 9.17) is 9.47 Å². The van der Waals surface area contributed by atoms with Crippen LogP contribution in [0.3, 0.4) is 0 Å². The molecule has 0 bridgehead atoms. The van der Waals surface area contributed by atoms with Crippen molar-refractivity contribution in [1.29, 1.82) is 0 Å². The van der Waals surface area contributed by atoms with E-state index in [2.05, 4.69) is 6.92 Å². The summed E-state index contributed by atoms with van der Waals surface area (Å²) >= 11 is 0. The van der Waals surface area contributed by atoms with Crippen molar-refractivity contribution in [2.75, 3.05) is 6.61 Å². The van der Waals surface area contributed by atoms with E-state index in [0.717, 1.165) is 37.7 Å². The van der Waals surface area contributed by atoms with Gasteiger partial charge in [0.15, 0.2) is 23.2 Å². The molecule has 3 aliphatic rings. The van der Waals surface area contributed by atoms with Crippen molar-refractivity contribution in [1.82, 2.24) is 0 Å². The number of carbonyl (C=O) groups excluding carboxylic acids is 1. The number of hydrogen-bond acceptors (Lipinski definition) is 3. The zero-order chi connectivity index (χ0) is 24.5. The lowest BCUT2D eigenvalue weighted by Gasteiger charge is -2.30. The van der Waals surface area contributed by atoms with Crippen LogP contribution in [0.2, 0.25) is 0 Å². The van der Waals surface area contributed by atoms with Gasteiger partial charge < -0.3 is 9.47 Å². The summed E-state index contributed by atoms with van der Waals surface area (Å²) in [7, 11) is 0. The van der Waals surface area contributed by atoms with Crippen LogP contribution >= 0.6 is 0 Å². The van der Waals surface area contributed by atoms with Crippen LogP contribution < -0.4 is 4.74 Å². The third kappa shape index (κ3) is 5.28. The minimum Gasteiger partial charge on any atom is -0.423 e. The molecule has 2 aromatic carbocycles. The van der Waals surface area contributed by atoms with E-state index in [1.165, 1.54) is 12.1 Å². The standard InChI is InChI=1S/C29H33F3O3/c1-2-17-3-5-18(6-4-17)22-12-13-23(28(32)27(22)31)19-7-9-20(10-8-19)29(33)35-25-14-11-21(15-24(25)30)26-16-34-26/h11-15,17-20,26H,2-10,16H2,1H3. The van der Waals surface area contributed by atoms with Gasteiger partial charge in [-0.2, -0.15) is 0 Å². The smallest absolute Gasteiger partial charge is 0.314 e. The Morgan fingerprint density at radius 2 is 1.46 bits per heavy atom. The second kappa shape index (κ2) is 10.3. The van der Waals surface area contributed by atoms with Crippen LogP contribution in [0.25, 0.3) is 0 Å². The summed E-state index contributed by atoms with van der Waals surface area (Å²) in [6, 6.07) is 8.04. The van der Waals surface area contributed by atoms with Crippen LogP contribution in [-0.2, 0) is 9.53 Å². The van der Waals surface area contributed by atoms with Crippen LogP contribution in [0, 0.1) is 29.3 Å². The fraction of sp³-hybridized carbons (Fsp3) is 0.552. The topological polar surface area (TPSA) is 38.8 Å². The van der Waals surface area contributed by atoms with Gasteiger partial charge in [0.2, 0.25) is 0 Å². The average molecular weight is 487 g/mol. The third-order valence-electron chi connectivity index (χ3n) is 8.38. The van der Waals surface area contributed by atoms with Gasteiger partial charge in [-0.25, -0.2) is 13.2 Å². The third-order valence-corrected chi connectivity index (χ3v) is 8.38. The zero-order valence-electron chi connectivity index (χ0n) is 20.2. The maximum Gasteiger partial charge on any atom is 0.314 e. The highest BCUT2D eigenvalue weighted by atomic mass is 19.2. The highest BCUT2D eigenvalue weighted by Gasteiger charge is 2.33. The van der Waals surface area contributed by atoms with Crippen molar-refractivity contribution in [3.63, 3.8) is 0 Å². The molecule has 0 aromatic heterocycles. The van der Waals surface area contributed by atoms with E-state index in [9.17, 15) is 9.18 Å². The van der Waals surface area contributed by atoms with Gasteiger partial charge in [-0.15, -0.1) is 0 Å². The largest absolute Gasteiger partial charge is 0.423 e. The second-order valence-corrected chi connectivity index (χ2v) is 10.5. The Balaban J connectivity index is 1.18. The van der Waals surface area contributed by atoms with E-state index in [1.807, 2.05) is 0 Å². The first-order chi connectivity index (χ1) is 16.9. The quantitative estimate of drug-likeness (QED) is 0.238. The van der Waals surface area contributed by atoms with Crippen molar-refractivity contribution < 1.29 is 27.4 Å². The molecule has 0 amide bonds. The molecule has 3 fully saturated rings. The van der Waals surface area contributed by atoms with Crippen molar-refractivity contribution in [3.05, 3.63) is 64.5 Å². The molecule has 188 valence electrons. The van der Waals surface area contributed by atoms with Gasteiger partial charge in [0, 0.05) is 0 Å². The van der Waals surface area contributed by atoms with E-state index >= 15 is 8.78 Å². The van der Waals surface area contributed by atoms with E-state index in [0.29, 0.717) is 49.3 Å². The van der Waals surface area contributed by atoms with Gasteiger partial charge in [-0.3, -0.25) is 4.79 Å². The molecular formula is C29H33F3O3. The maximum atomic E-state index is 15.1. The molecule has 1 heterocycles.